The third kappa shape index (κ3) is 5.42. The Morgan fingerprint density at radius 3 is 2.23 bits per heavy atom. The van der Waals surface area contributed by atoms with Gasteiger partial charge in [0.1, 0.15) is 0 Å². The third-order valence-corrected chi connectivity index (χ3v) is 6.19. The van der Waals surface area contributed by atoms with Crippen LogP contribution in [0, 0.1) is 5.92 Å². The SMILES string of the molecule is CC(C)CN(Cc1ccc(N2CCCC2)cc1)S(=O)Cc1ccccc1. The van der Waals surface area contributed by atoms with Crippen LogP contribution < -0.4 is 4.90 Å². The van der Waals surface area contributed by atoms with Crippen molar-refractivity contribution in [2.45, 2.75) is 39.0 Å². The van der Waals surface area contributed by atoms with Gasteiger partial charge in [0.2, 0.25) is 0 Å². The summed E-state index contributed by atoms with van der Waals surface area (Å²) >= 11 is 0. The molecule has 2 aromatic carbocycles. The summed E-state index contributed by atoms with van der Waals surface area (Å²) in [7, 11) is -1.01. The maximum absolute atomic E-state index is 13.0. The zero-order valence-electron chi connectivity index (χ0n) is 15.9. The van der Waals surface area contributed by atoms with Crippen LogP contribution in [0.4, 0.5) is 5.69 Å². The molecule has 4 heteroatoms. The van der Waals surface area contributed by atoms with Gasteiger partial charge in [0.25, 0.3) is 0 Å². The Kier molecular flexibility index (Phi) is 6.86. The second-order valence-corrected chi connectivity index (χ2v) is 8.98. The van der Waals surface area contributed by atoms with Crippen molar-refractivity contribution in [1.29, 1.82) is 0 Å². The Morgan fingerprint density at radius 1 is 0.962 bits per heavy atom. The summed E-state index contributed by atoms with van der Waals surface area (Å²) in [5, 5.41) is 0. The fraction of sp³-hybridized carbons (Fsp3) is 0.455. The monoisotopic (exact) mass is 370 g/mol. The number of hydrogen-bond acceptors (Lipinski definition) is 2. The van der Waals surface area contributed by atoms with Gasteiger partial charge in [0.15, 0.2) is 0 Å². The van der Waals surface area contributed by atoms with Gasteiger partial charge >= 0.3 is 0 Å². The Hall–Kier alpha value is -1.65. The minimum Gasteiger partial charge on any atom is -0.372 e. The number of anilines is 1. The van der Waals surface area contributed by atoms with Gasteiger partial charge in [0.05, 0.1) is 16.7 Å². The van der Waals surface area contributed by atoms with Crippen molar-refractivity contribution in [3.8, 4) is 0 Å². The first-order valence-electron chi connectivity index (χ1n) is 9.63. The van der Waals surface area contributed by atoms with E-state index in [1.54, 1.807) is 0 Å². The first-order chi connectivity index (χ1) is 12.6. The quantitative estimate of drug-likeness (QED) is 0.677. The maximum Gasteiger partial charge on any atom is 0.0990 e. The van der Waals surface area contributed by atoms with Crippen molar-refractivity contribution >= 4 is 16.7 Å². The molecule has 0 saturated carbocycles. The zero-order valence-corrected chi connectivity index (χ0v) is 16.8. The molecule has 0 aliphatic carbocycles. The van der Waals surface area contributed by atoms with Gasteiger partial charge in [-0.2, -0.15) is 0 Å². The van der Waals surface area contributed by atoms with Crippen LogP contribution in [0.2, 0.25) is 0 Å². The lowest BCUT2D eigenvalue weighted by atomic mass is 10.1. The Morgan fingerprint density at radius 2 is 1.62 bits per heavy atom. The fourth-order valence-electron chi connectivity index (χ4n) is 3.43. The lowest BCUT2D eigenvalue weighted by Gasteiger charge is -2.24. The lowest BCUT2D eigenvalue weighted by Crippen LogP contribution is -2.30. The number of rotatable bonds is 8. The van der Waals surface area contributed by atoms with E-state index in [-0.39, 0.29) is 0 Å². The van der Waals surface area contributed by atoms with Crippen LogP contribution >= 0.6 is 0 Å². The van der Waals surface area contributed by atoms with Crippen molar-refractivity contribution < 1.29 is 4.21 Å². The van der Waals surface area contributed by atoms with Crippen LogP contribution in [0.3, 0.4) is 0 Å². The average molecular weight is 371 g/mol. The van der Waals surface area contributed by atoms with Crippen molar-refractivity contribution in [3.63, 3.8) is 0 Å². The summed E-state index contributed by atoms with van der Waals surface area (Å²) in [4.78, 5) is 2.45. The summed E-state index contributed by atoms with van der Waals surface area (Å²) < 4.78 is 15.1. The molecular formula is C22H30N2OS. The average Bonchev–Trinajstić information content (AvgIpc) is 3.17. The molecule has 0 aromatic heterocycles. The number of benzene rings is 2. The predicted molar refractivity (Wildman–Crippen MR) is 111 cm³/mol. The Bertz CT molecular complexity index is 694. The topological polar surface area (TPSA) is 23.6 Å². The molecule has 1 unspecified atom stereocenters. The molecule has 1 aliphatic rings. The van der Waals surface area contributed by atoms with E-state index in [1.165, 1.54) is 37.2 Å². The van der Waals surface area contributed by atoms with Crippen molar-refractivity contribution in [3.05, 3.63) is 65.7 Å². The second kappa shape index (κ2) is 9.33. The molecular weight excluding hydrogens is 340 g/mol. The van der Waals surface area contributed by atoms with E-state index in [0.717, 1.165) is 18.7 Å². The standard InChI is InChI=1S/C22H30N2OS/c1-19(2)16-24(26(25)18-21-8-4-3-5-9-21)17-20-10-12-22(13-11-20)23-14-6-7-15-23/h3-5,8-13,19H,6-7,14-18H2,1-2H3. The third-order valence-electron chi connectivity index (χ3n) is 4.76. The molecule has 1 saturated heterocycles. The normalized spacial score (nSPS) is 15.8. The molecule has 1 heterocycles. The van der Waals surface area contributed by atoms with E-state index in [4.69, 9.17) is 0 Å². The van der Waals surface area contributed by atoms with Crippen LogP contribution in [-0.2, 0) is 23.3 Å². The zero-order chi connectivity index (χ0) is 18.4. The van der Waals surface area contributed by atoms with Gasteiger partial charge in [-0.3, -0.25) is 0 Å². The highest BCUT2D eigenvalue weighted by atomic mass is 32.2. The van der Waals surface area contributed by atoms with E-state index in [2.05, 4.69) is 59.5 Å². The first kappa shape index (κ1) is 19.1. The van der Waals surface area contributed by atoms with Gasteiger partial charge in [-0.05, 0) is 42.0 Å². The molecule has 0 radical (unpaired) electrons. The van der Waals surface area contributed by atoms with Crippen molar-refractivity contribution in [1.82, 2.24) is 4.31 Å². The molecule has 1 fully saturated rings. The van der Waals surface area contributed by atoms with E-state index >= 15 is 0 Å². The summed E-state index contributed by atoms with van der Waals surface area (Å²) in [6.45, 7) is 8.28. The molecule has 0 N–H and O–H groups in total. The van der Waals surface area contributed by atoms with Crippen molar-refractivity contribution in [2.75, 3.05) is 24.5 Å². The first-order valence-corrected chi connectivity index (χ1v) is 10.9. The summed E-state index contributed by atoms with van der Waals surface area (Å²) in [5.74, 6) is 1.07. The van der Waals surface area contributed by atoms with Crippen LogP contribution in [0.1, 0.15) is 37.8 Å². The maximum atomic E-state index is 13.0. The number of nitrogens with zero attached hydrogens (tertiary/aromatic N) is 2. The predicted octanol–water partition coefficient (Wildman–Crippen LogP) is 4.61. The lowest BCUT2D eigenvalue weighted by molar-refractivity contribution is 0.384. The van der Waals surface area contributed by atoms with Crippen LogP contribution in [-0.4, -0.2) is 28.1 Å². The van der Waals surface area contributed by atoms with Crippen LogP contribution in [0.15, 0.2) is 54.6 Å². The van der Waals surface area contributed by atoms with E-state index in [0.29, 0.717) is 11.7 Å². The molecule has 3 rings (SSSR count). The van der Waals surface area contributed by atoms with Crippen LogP contribution in [0.5, 0.6) is 0 Å². The van der Waals surface area contributed by atoms with Gasteiger partial charge in [-0.15, -0.1) is 0 Å². The molecule has 0 bridgehead atoms. The summed E-state index contributed by atoms with van der Waals surface area (Å²) in [6, 6.07) is 18.9. The van der Waals surface area contributed by atoms with Gasteiger partial charge < -0.3 is 4.90 Å². The van der Waals surface area contributed by atoms with Gasteiger partial charge in [-0.25, -0.2) is 8.51 Å². The smallest absolute Gasteiger partial charge is 0.0990 e. The fourth-order valence-corrected chi connectivity index (χ4v) is 4.84. The largest absolute Gasteiger partial charge is 0.372 e. The molecule has 3 nitrogen and oxygen atoms in total. The summed E-state index contributed by atoms with van der Waals surface area (Å²) in [6.07, 6.45) is 2.59. The Labute approximate surface area is 160 Å². The van der Waals surface area contributed by atoms with Crippen molar-refractivity contribution in [2.24, 2.45) is 5.92 Å². The molecule has 26 heavy (non-hydrogen) atoms. The molecule has 0 amide bonds. The number of hydrogen-bond donors (Lipinski definition) is 0. The van der Waals surface area contributed by atoms with E-state index < -0.39 is 11.0 Å². The van der Waals surface area contributed by atoms with E-state index in [1.807, 2.05) is 18.2 Å². The summed E-state index contributed by atoms with van der Waals surface area (Å²) in [5.41, 5.74) is 3.67. The highest BCUT2D eigenvalue weighted by molar-refractivity contribution is 7.81. The second-order valence-electron chi connectivity index (χ2n) is 7.53. The molecule has 140 valence electrons. The molecule has 2 aromatic rings. The van der Waals surface area contributed by atoms with Crippen LogP contribution in [0.25, 0.3) is 0 Å². The Balaban J connectivity index is 1.66. The van der Waals surface area contributed by atoms with Gasteiger partial charge in [-0.1, -0.05) is 56.3 Å². The minimum absolute atomic E-state index is 0.485. The highest BCUT2D eigenvalue weighted by Gasteiger charge is 2.17. The molecule has 1 aliphatic heterocycles. The van der Waals surface area contributed by atoms with E-state index in [9.17, 15) is 4.21 Å². The molecule has 1 atom stereocenters. The highest BCUT2D eigenvalue weighted by Crippen LogP contribution is 2.21. The molecule has 0 spiro atoms. The van der Waals surface area contributed by atoms with Gasteiger partial charge in [0, 0.05) is 31.9 Å². The minimum atomic E-state index is -1.01.